The van der Waals surface area contributed by atoms with Crippen molar-refractivity contribution in [3.05, 3.63) is 82.1 Å². The number of nitrogens with zero attached hydrogens (tertiary/aromatic N) is 3. The van der Waals surface area contributed by atoms with Crippen LogP contribution in [0.3, 0.4) is 0 Å². The van der Waals surface area contributed by atoms with E-state index in [2.05, 4.69) is 15.3 Å². The lowest BCUT2D eigenvalue weighted by atomic mass is 10.0. The number of carbonyl (C=O) groups is 4. The molecule has 0 aliphatic carbocycles. The van der Waals surface area contributed by atoms with Gasteiger partial charge in [-0.2, -0.15) is 0 Å². The predicted octanol–water partition coefficient (Wildman–Crippen LogP) is 2.97. The van der Waals surface area contributed by atoms with E-state index >= 15 is 0 Å². The molecule has 39 heavy (non-hydrogen) atoms. The van der Waals surface area contributed by atoms with Gasteiger partial charge in [0.2, 0.25) is 12.2 Å². The number of aromatic nitrogens is 2. The molecule has 1 unspecified atom stereocenters. The lowest BCUT2D eigenvalue weighted by Crippen LogP contribution is -2.53. The van der Waals surface area contributed by atoms with E-state index < -0.39 is 36.0 Å². The summed E-state index contributed by atoms with van der Waals surface area (Å²) in [4.78, 5) is 61.0. The monoisotopic (exact) mass is 550 g/mol. The largest absolute Gasteiger partial charge is 0.448 e. The number of likely N-dealkylation sites (tertiary alicyclic amines) is 1. The fourth-order valence-corrected chi connectivity index (χ4v) is 5.29. The summed E-state index contributed by atoms with van der Waals surface area (Å²) in [5.74, 6) is -2.90. The van der Waals surface area contributed by atoms with Crippen LogP contribution in [0.15, 0.2) is 60.2 Å². The van der Waals surface area contributed by atoms with E-state index in [4.69, 9.17) is 9.47 Å². The zero-order chi connectivity index (χ0) is 27.8. The topological polar surface area (TPSA) is 128 Å². The standard InChI is InChI=1S/C28H30N4O6S/c1-18(33)37-25(27(35)30-16-24-31-22(17-39-24)15-20-10-12-29-13-11-20)26(38-19(2)34)28(36)32-14-6-9-23(32)21-7-4-3-5-8-21/h3-5,7-8,10-13,17,23,25-26H,6,9,14-16H2,1-2H3,(H,30,35)/t23?,25-,26-/m1/s1. The van der Waals surface area contributed by atoms with E-state index in [0.29, 0.717) is 18.0 Å². The Bertz CT molecular complexity index is 1300. The van der Waals surface area contributed by atoms with Gasteiger partial charge in [-0.1, -0.05) is 30.3 Å². The maximum atomic E-state index is 13.7. The molecule has 0 bridgehead atoms. The molecular formula is C28H30N4O6S. The number of hydrogen-bond acceptors (Lipinski definition) is 9. The van der Waals surface area contributed by atoms with Gasteiger partial charge in [0.15, 0.2) is 0 Å². The van der Waals surface area contributed by atoms with E-state index in [0.717, 1.165) is 43.5 Å². The molecule has 0 saturated carbocycles. The van der Waals surface area contributed by atoms with Crippen molar-refractivity contribution in [2.24, 2.45) is 0 Å². The normalized spacial score (nSPS) is 16.3. The lowest BCUT2D eigenvalue weighted by Gasteiger charge is -2.31. The molecule has 3 aromatic rings. The second kappa shape index (κ2) is 13.1. The minimum atomic E-state index is -1.66. The summed E-state index contributed by atoms with van der Waals surface area (Å²) in [5, 5.41) is 5.21. The van der Waals surface area contributed by atoms with Gasteiger partial charge in [-0.25, -0.2) is 4.98 Å². The highest BCUT2D eigenvalue weighted by atomic mass is 32.1. The highest BCUT2D eigenvalue weighted by molar-refractivity contribution is 7.09. The SMILES string of the molecule is CC(=O)O[C@@H](C(=O)NCc1nc(Cc2ccncc2)cs1)[C@@H](OC(C)=O)C(=O)N1CCCC1c1ccccc1. The van der Waals surface area contributed by atoms with Crippen LogP contribution in [0.5, 0.6) is 0 Å². The van der Waals surface area contributed by atoms with Crippen LogP contribution in [-0.4, -0.2) is 57.4 Å². The minimum Gasteiger partial charge on any atom is -0.448 e. The van der Waals surface area contributed by atoms with Crippen LogP contribution in [0, 0.1) is 0 Å². The summed E-state index contributed by atoms with van der Waals surface area (Å²) in [6.45, 7) is 2.74. The molecule has 1 aliphatic heterocycles. The van der Waals surface area contributed by atoms with Crippen molar-refractivity contribution >= 4 is 35.1 Å². The molecule has 3 heterocycles. The summed E-state index contributed by atoms with van der Waals surface area (Å²) in [5.41, 5.74) is 2.82. The fraction of sp³-hybridized carbons (Fsp3) is 0.357. The zero-order valence-electron chi connectivity index (χ0n) is 21.7. The van der Waals surface area contributed by atoms with Crippen LogP contribution in [0.25, 0.3) is 0 Å². The molecule has 2 amide bonds. The molecule has 11 heteroatoms. The Morgan fingerprint density at radius 1 is 1.03 bits per heavy atom. The number of ether oxygens (including phenoxy) is 2. The molecule has 1 aromatic carbocycles. The summed E-state index contributed by atoms with van der Waals surface area (Å²) in [6, 6.07) is 13.1. The van der Waals surface area contributed by atoms with Crippen LogP contribution in [0.4, 0.5) is 0 Å². The van der Waals surface area contributed by atoms with E-state index in [1.165, 1.54) is 11.3 Å². The minimum absolute atomic E-state index is 0.0505. The summed E-state index contributed by atoms with van der Waals surface area (Å²) in [7, 11) is 0. The van der Waals surface area contributed by atoms with Crippen molar-refractivity contribution in [3.63, 3.8) is 0 Å². The number of thiazole rings is 1. The molecule has 4 rings (SSSR count). The van der Waals surface area contributed by atoms with Crippen LogP contribution < -0.4 is 5.32 Å². The Morgan fingerprint density at radius 3 is 2.41 bits per heavy atom. The Morgan fingerprint density at radius 2 is 1.72 bits per heavy atom. The van der Waals surface area contributed by atoms with Gasteiger partial charge in [-0.05, 0) is 36.1 Å². The number of carbonyl (C=O) groups excluding carboxylic acids is 4. The Hall–Kier alpha value is -4.12. The van der Waals surface area contributed by atoms with Crippen molar-refractivity contribution in [3.8, 4) is 0 Å². The van der Waals surface area contributed by atoms with E-state index in [-0.39, 0.29) is 12.6 Å². The molecule has 10 nitrogen and oxygen atoms in total. The first-order valence-electron chi connectivity index (χ1n) is 12.6. The maximum absolute atomic E-state index is 13.7. The van der Waals surface area contributed by atoms with Crippen LogP contribution in [0.1, 0.15) is 54.6 Å². The van der Waals surface area contributed by atoms with E-state index in [9.17, 15) is 19.2 Å². The van der Waals surface area contributed by atoms with Gasteiger partial charge in [0.05, 0.1) is 18.3 Å². The third-order valence-corrected chi connectivity index (χ3v) is 7.13. The number of esters is 2. The first kappa shape index (κ1) is 27.9. The summed E-state index contributed by atoms with van der Waals surface area (Å²) >= 11 is 1.37. The smallest absolute Gasteiger partial charge is 0.303 e. The Kier molecular flexibility index (Phi) is 9.37. The van der Waals surface area contributed by atoms with Crippen molar-refractivity contribution in [1.82, 2.24) is 20.2 Å². The van der Waals surface area contributed by atoms with Gasteiger partial charge in [-0.15, -0.1) is 11.3 Å². The quantitative estimate of drug-likeness (QED) is 0.382. The van der Waals surface area contributed by atoms with Gasteiger partial charge >= 0.3 is 11.9 Å². The molecule has 2 aromatic heterocycles. The number of rotatable bonds is 10. The second-order valence-corrected chi connectivity index (χ2v) is 10.1. The second-order valence-electron chi connectivity index (χ2n) is 9.14. The number of amides is 2. The highest BCUT2D eigenvalue weighted by Gasteiger charge is 2.44. The molecule has 204 valence electrons. The number of hydrogen-bond donors (Lipinski definition) is 1. The molecule has 0 spiro atoms. The van der Waals surface area contributed by atoms with Crippen LogP contribution in [-0.2, 0) is 41.6 Å². The average molecular weight is 551 g/mol. The molecule has 1 saturated heterocycles. The van der Waals surface area contributed by atoms with Crippen molar-refractivity contribution in [1.29, 1.82) is 0 Å². The molecule has 1 N–H and O–H groups in total. The number of benzene rings is 1. The van der Waals surface area contributed by atoms with Crippen molar-refractivity contribution < 1.29 is 28.7 Å². The molecule has 1 fully saturated rings. The van der Waals surface area contributed by atoms with E-state index in [1.54, 1.807) is 17.3 Å². The Labute approximate surface area is 230 Å². The van der Waals surface area contributed by atoms with Gasteiger partial charge in [0, 0.05) is 44.6 Å². The predicted molar refractivity (Wildman–Crippen MR) is 142 cm³/mol. The molecule has 0 radical (unpaired) electrons. The van der Waals surface area contributed by atoms with Gasteiger partial charge in [-0.3, -0.25) is 24.2 Å². The van der Waals surface area contributed by atoms with E-state index in [1.807, 2.05) is 47.8 Å². The van der Waals surface area contributed by atoms with Crippen LogP contribution in [0.2, 0.25) is 0 Å². The maximum Gasteiger partial charge on any atom is 0.303 e. The van der Waals surface area contributed by atoms with Gasteiger partial charge in [0.1, 0.15) is 5.01 Å². The number of nitrogens with one attached hydrogen (secondary N) is 1. The molecule has 3 atom stereocenters. The van der Waals surface area contributed by atoms with Gasteiger partial charge in [0.25, 0.3) is 11.8 Å². The molecule has 1 aliphatic rings. The van der Waals surface area contributed by atoms with Crippen LogP contribution >= 0.6 is 11.3 Å². The lowest BCUT2D eigenvalue weighted by molar-refractivity contribution is -0.178. The van der Waals surface area contributed by atoms with Gasteiger partial charge < -0.3 is 19.7 Å². The average Bonchev–Trinajstić information content (AvgIpc) is 3.59. The van der Waals surface area contributed by atoms with Crippen molar-refractivity contribution in [2.75, 3.05) is 6.54 Å². The highest BCUT2D eigenvalue weighted by Crippen LogP contribution is 2.33. The third-order valence-electron chi connectivity index (χ3n) is 6.23. The summed E-state index contributed by atoms with van der Waals surface area (Å²) < 4.78 is 10.6. The Balaban J connectivity index is 1.49. The number of pyridine rings is 1. The summed E-state index contributed by atoms with van der Waals surface area (Å²) in [6.07, 6.45) is 2.21. The zero-order valence-corrected chi connectivity index (χ0v) is 22.6. The first-order chi connectivity index (χ1) is 18.8. The van der Waals surface area contributed by atoms with Crippen molar-refractivity contribution in [2.45, 2.75) is 57.9 Å². The fourth-order valence-electron chi connectivity index (χ4n) is 4.55. The first-order valence-corrected chi connectivity index (χ1v) is 13.5. The third kappa shape index (κ3) is 7.47. The molecular weight excluding hydrogens is 520 g/mol.